The Kier molecular flexibility index (Phi) is 4.51. The van der Waals surface area contributed by atoms with E-state index in [0.29, 0.717) is 22.2 Å². The predicted molar refractivity (Wildman–Crippen MR) is 133 cm³/mol. The van der Waals surface area contributed by atoms with E-state index in [0.717, 1.165) is 4.90 Å². The van der Waals surface area contributed by atoms with Crippen LogP contribution in [0.2, 0.25) is 0 Å². The number of fused-ring (bicyclic) bond motifs is 9. The molecule has 0 unspecified atom stereocenters. The van der Waals surface area contributed by atoms with E-state index < -0.39 is 44.5 Å². The van der Waals surface area contributed by atoms with Gasteiger partial charge in [0.05, 0.1) is 23.1 Å². The molecule has 190 valence electrons. The second-order valence-corrected chi connectivity index (χ2v) is 12.6. The zero-order chi connectivity index (χ0) is 28.7. The number of hydrogen-bond acceptors (Lipinski definition) is 5. The van der Waals surface area contributed by atoms with Crippen LogP contribution in [0.4, 0.5) is 13.2 Å². The minimum Gasteiger partial charge on any atom is -0.434 e. The summed E-state index contributed by atoms with van der Waals surface area (Å²) in [4.78, 5) is 23.0. The van der Waals surface area contributed by atoms with Crippen molar-refractivity contribution in [2.75, 3.05) is 20.3 Å². The SMILES string of the molecule is [2H]C([2H])([2H])N1C(=O)c2cccc(OC(F)F)c2[C@H]2C[C@@H]1c1nc3ccc(-c4cnc(P(C)(C)=O)c(F)c4)cc3n12. The van der Waals surface area contributed by atoms with Crippen LogP contribution in [0.15, 0.2) is 48.7 Å². The van der Waals surface area contributed by atoms with E-state index in [1.54, 1.807) is 22.8 Å². The molecule has 0 radical (unpaired) electrons. The van der Waals surface area contributed by atoms with Crippen LogP contribution in [-0.2, 0) is 4.57 Å². The molecule has 0 N–H and O–H groups in total. The van der Waals surface area contributed by atoms with Crippen molar-refractivity contribution in [2.45, 2.75) is 25.1 Å². The summed E-state index contributed by atoms with van der Waals surface area (Å²) in [6, 6.07) is 8.69. The van der Waals surface area contributed by atoms with Crippen LogP contribution in [0.5, 0.6) is 5.75 Å². The number of pyridine rings is 1. The normalized spacial score (nSPS) is 20.3. The first-order chi connectivity index (χ1) is 18.8. The Morgan fingerprint density at radius 2 is 1.97 bits per heavy atom. The number of benzene rings is 2. The fourth-order valence-electron chi connectivity index (χ4n) is 5.27. The highest BCUT2D eigenvalue weighted by Gasteiger charge is 2.45. The molecule has 0 saturated carbocycles. The highest BCUT2D eigenvalue weighted by Crippen LogP contribution is 2.50. The first kappa shape index (κ1) is 20.4. The van der Waals surface area contributed by atoms with Crippen molar-refractivity contribution in [2.24, 2.45) is 0 Å². The molecule has 2 bridgehead atoms. The maximum Gasteiger partial charge on any atom is 0.387 e. The zero-order valence-electron chi connectivity index (χ0n) is 22.7. The molecule has 2 aliphatic rings. The molecule has 2 aromatic carbocycles. The van der Waals surface area contributed by atoms with Gasteiger partial charge in [-0.3, -0.25) is 4.79 Å². The summed E-state index contributed by atoms with van der Waals surface area (Å²) < 4.78 is 84.8. The number of carbonyl (C=O) groups is 1. The molecule has 4 heterocycles. The van der Waals surface area contributed by atoms with Crippen LogP contribution in [0, 0.1) is 5.82 Å². The summed E-state index contributed by atoms with van der Waals surface area (Å²) in [5, 5.41) is 0. The van der Waals surface area contributed by atoms with E-state index >= 15 is 0 Å². The molecular formula is C26H22F3N4O3P. The van der Waals surface area contributed by atoms with Crippen LogP contribution in [-0.4, -0.2) is 52.3 Å². The van der Waals surface area contributed by atoms with Crippen molar-refractivity contribution in [3.8, 4) is 16.9 Å². The average Bonchev–Trinajstić information content (AvgIpc) is 3.35. The van der Waals surface area contributed by atoms with Gasteiger partial charge in [0.1, 0.15) is 24.2 Å². The highest BCUT2D eigenvalue weighted by molar-refractivity contribution is 7.69. The summed E-state index contributed by atoms with van der Waals surface area (Å²) in [6.07, 6.45) is 1.50. The Bertz CT molecular complexity index is 1750. The monoisotopic (exact) mass is 529 g/mol. The van der Waals surface area contributed by atoms with E-state index in [2.05, 4.69) is 9.97 Å². The van der Waals surface area contributed by atoms with Gasteiger partial charge in [0.2, 0.25) is 0 Å². The molecule has 7 nitrogen and oxygen atoms in total. The first-order valence-electron chi connectivity index (χ1n) is 12.9. The van der Waals surface area contributed by atoms with Gasteiger partial charge in [-0.05, 0) is 49.2 Å². The molecule has 0 fully saturated rings. The largest absolute Gasteiger partial charge is 0.434 e. The Morgan fingerprint density at radius 1 is 1.16 bits per heavy atom. The third kappa shape index (κ3) is 3.65. The number of ether oxygens (including phenoxy) is 1. The number of nitrogens with zero attached hydrogens (tertiary/aromatic N) is 4. The van der Waals surface area contributed by atoms with Gasteiger partial charge in [-0.15, -0.1) is 0 Å². The van der Waals surface area contributed by atoms with Gasteiger partial charge >= 0.3 is 6.61 Å². The van der Waals surface area contributed by atoms with Gasteiger partial charge in [0.15, 0.2) is 5.82 Å². The third-order valence-corrected chi connectivity index (χ3v) is 8.16. The number of aromatic nitrogens is 3. The molecule has 2 aliphatic heterocycles. The Hall–Kier alpha value is -3.65. The van der Waals surface area contributed by atoms with E-state index in [-0.39, 0.29) is 34.6 Å². The summed E-state index contributed by atoms with van der Waals surface area (Å²) in [6.45, 7) is -3.15. The van der Waals surface area contributed by atoms with Crippen molar-refractivity contribution < 1.29 is 31.4 Å². The van der Waals surface area contributed by atoms with Crippen LogP contribution in [0.25, 0.3) is 22.2 Å². The molecule has 37 heavy (non-hydrogen) atoms. The molecule has 4 aromatic rings. The smallest absolute Gasteiger partial charge is 0.387 e. The lowest BCUT2D eigenvalue weighted by molar-refractivity contribution is -0.0507. The highest BCUT2D eigenvalue weighted by atomic mass is 31.2. The van der Waals surface area contributed by atoms with Crippen molar-refractivity contribution in [3.05, 3.63) is 71.4 Å². The number of carbonyl (C=O) groups excluding carboxylic acids is 1. The lowest BCUT2D eigenvalue weighted by Gasteiger charge is -2.24. The standard InChI is InChI=1S/C26H22F3N4O3P/c1-32-20-11-19(22-15(25(32)34)5-4-6-21(22)36-26(28)29)33-18-10-13(7-8-17(18)31-23(20)33)14-9-16(27)24(30-12-14)37(2,3)35/h4-10,12,19-20,26H,11H2,1-3H3/t19-,20-/m1/s1/i1D3. The molecule has 6 rings (SSSR count). The molecular weight excluding hydrogens is 504 g/mol. The summed E-state index contributed by atoms with van der Waals surface area (Å²) in [5.74, 6) is -1.47. The maximum atomic E-state index is 14.8. The fraction of sp³-hybridized carbons (Fsp3) is 0.269. The summed E-state index contributed by atoms with van der Waals surface area (Å²) in [5.41, 5.74) is 1.95. The number of alkyl halides is 2. The number of halogens is 3. The van der Waals surface area contributed by atoms with Gasteiger partial charge in [0, 0.05) is 40.4 Å². The van der Waals surface area contributed by atoms with Crippen molar-refractivity contribution in [1.29, 1.82) is 0 Å². The second kappa shape index (κ2) is 8.18. The molecule has 2 aromatic heterocycles. The Balaban J connectivity index is 1.58. The van der Waals surface area contributed by atoms with Gasteiger partial charge in [0.25, 0.3) is 5.91 Å². The number of imidazole rings is 1. The molecule has 0 spiro atoms. The Labute approximate surface area is 214 Å². The summed E-state index contributed by atoms with van der Waals surface area (Å²) in [7, 11) is -2.94. The maximum absolute atomic E-state index is 14.8. The molecule has 0 saturated heterocycles. The molecule has 2 atom stereocenters. The average molecular weight is 529 g/mol. The quantitative estimate of drug-likeness (QED) is 0.340. The van der Waals surface area contributed by atoms with Crippen molar-refractivity contribution in [3.63, 3.8) is 0 Å². The fourth-order valence-corrected chi connectivity index (χ4v) is 6.19. The molecule has 0 aliphatic carbocycles. The minimum atomic E-state index is -3.17. The predicted octanol–water partition coefficient (Wildman–Crippen LogP) is 5.21. The van der Waals surface area contributed by atoms with E-state index in [4.69, 9.17) is 8.85 Å². The molecule has 1 amide bonds. The lowest BCUT2D eigenvalue weighted by atomic mass is 9.97. The van der Waals surface area contributed by atoms with Gasteiger partial charge in [-0.2, -0.15) is 8.78 Å². The lowest BCUT2D eigenvalue weighted by Crippen LogP contribution is -2.30. The van der Waals surface area contributed by atoms with Crippen LogP contribution >= 0.6 is 7.14 Å². The van der Waals surface area contributed by atoms with Gasteiger partial charge in [-0.25, -0.2) is 14.4 Å². The number of hydrogen-bond donors (Lipinski definition) is 0. The molecule has 11 heteroatoms. The first-order valence-corrected chi connectivity index (χ1v) is 14.0. The van der Waals surface area contributed by atoms with E-state index in [1.807, 2.05) is 0 Å². The van der Waals surface area contributed by atoms with E-state index in [9.17, 15) is 22.5 Å². The van der Waals surface area contributed by atoms with Crippen molar-refractivity contribution in [1.82, 2.24) is 19.4 Å². The van der Waals surface area contributed by atoms with Crippen LogP contribution in [0.3, 0.4) is 0 Å². The van der Waals surface area contributed by atoms with Crippen LogP contribution < -0.4 is 10.2 Å². The summed E-state index contributed by atoms with van der Waals surface area (Å²) >= 11 is 0. The number of amides is 1. The number of rotatable bonds is 4. The zero-order valence-corrected chi connectivity index (χ0v) is 20.5. The van der Waals surface area contributed by atoms with Crippen LogP contribution in [0.1, 0.15) is 44.4 Å². The van der Waals surface area contributed by atoms with Crippen molar-refractivity contribution >= 4 is 29.5 Å². The van der Waals surface area contributed by atoms with Gasteiger partial charge in [-0.1, -0.05) is 12.1 Å². The second-order valence-electron chi connectivity index (χ2n) is 9.46. The third-order valence-electron chi connectivity index (χ3n) is 6.81. The topological polar surface area (TPSA) is 77.3 Å². The minimum absolute atomic E-state index is 0.0455. The van der Waals surface area contributed by atoms with Gasteiger partial charge < -0.3 is 18.8 Å². The van der Waals surface area contributed by atoms with E-state index in [1.165, 1.54) is 43.8 Å². The Morgan fingerprint density at radius 3 is 2.68 bits per heavy atom.